The van der Waals surface area contributed by atoms with Gasteiger partial charge in [-0.05, 0) is 32.0 Å². The lowest BCUT2D eigenvalue weighted by molar-refractivity contribution is -0.658. The van der Waals surface area contributed by atoms with Crippen LogP contribution in [0.3, 0.4) is 0 Å². The van der Waals surface area contributed by atoms with Gasteiger partial charge in [0.05, 0.1) is 16.8 Å². The Balaban J connectivity index is 1.88. The zero-order valence-electron chi connectivity index (χ0n) is 15.7. The van der Waals surface area contributed by atoms with Gasteiger partial charge in [-0.15, -0.1) is 4.57 Å². The molecule has 12 heteroatoms. The third-order valence-corrected chi connectivity index (χ3v) is 7.59. The number of benzene rings is 1. The highest BCUT2D eigenvalue weighted by atomic mass is 35.5. The maximum absolute atomic E-state index is 11.6. The van der Waals surface area contributed by atoms with Gasteiger partial charge in [-0.2, -0.15) is 8.42 Å². The minimum absolute atomic E-state index is 0.189. The van der Waals surface area contributed by atoms with Crippen LogP contribution < -0.4 is 9.47 Å². The predicted molar refractivity (Wildman–Crippen MR) is 116 cm³/mol. The van der Waals surface area contributed by atoms with Crippen molar-refractivity contribution in [1.82, 2.24) is 0 Å². The van der Waals surface area contributed by atoms with Crippen molar-refractivity contribution in [3.8, 4) is 0 Å². The van der Waals surface area contributed by atoms with Gasteiger partial charge >= 0.3 is 22.0 Å². The van der Waals surface area contributed by atoms with Gasteiger partial charge in [-0.3, -0.25) is 9.35 Å². The summed E-state index contributed by atoms with van der Waals surface area (Å²) in [4.78, 5) is 15.3. The minimum atomic E-state index is -4.35. The van der Waals surface area contributed by atoms with Crippen LogP contribution in [0.25, 0.3) is 16.5 Å². The fraction of sp³-hybridized carbons (Fsp3) is 0.222. The minimum Gasteiger partial charge on any atom is -0.480 e. The van der Waals surface area contributed by atoms with Crippen LogP contribution in [0.1, 0.15) is 16.3 Å². The summed E-state index contributed by atoms with van der Waals surface area (Å²) < 4.78 is 40.0. The number of thiophene rings is 1. The Morgan fingerprint density at radius 2 is 2.10 bits per heavy atom. The number of hydrogen-bond donors (Lipinski definition) is 2. The number of carboxylic acids is 1. The number of nitrogens with zero attached hydrogens (tertiary/aromatic N) is 2. The van der Waals surface area contributed by atoms with Gasteiger partial charge in [-0.1, -0.05) is 34.7 Å². The zero-order chi connectivity index (χ0) is 21.8. The first-order chi connectivity index (χ1) is 14.0. The molecule has 2 aromatic heterocycles. The Morgan fingerprint density at radius 3 is 2.77 bits per heavy atom. The van der Waals surface area contributed by atoms with Crippen LogP contribution in [0.2, 0.25) is 5.02 Å². The summed E-state index contributed by atoms with van der Waals surface area (Å²) in [6.45, 7) is 3.44. The molecule has 4 rings (SSSR count). The number of aliphatic carboxylic acids is 1. The Labute approximate surface area is 185 Å². The van der Waals surface area contributed by atoms with Crippen LogP contribution in [-0.4, -0.2) is 30.6 Å². The number of halogens is 1. The Bertz CT molecular complexity index is 1330. The standard InChI is InChI=1S/C18H15ClN2O6S3/c1-9-10(2)28-18-17(9)21(8-30(24,25)26)14(27-18)6-15-20(7-16(22)23)12-5-11(19)3-4-13(12)29-15/h3-6H,7-8H2,1-2H3,(H-,22,23,24,25,26)/p+1. The first-order valence-electron chi connectivity index (χ1n) is 8.59. The zero-order valence-corrected chi connectivity index (χ0v) is 19.0. The number of hydrogen-bond acceptors (Lipinski definition) is 7. The molecule has 0 fully saturated rings. The highest BCUT2D eigenvalue weighted by Crippen LogP contribution is 2.47. The Hall–Kier alpha value is -2.05. The van der Waals surface area contributed by atoms with E-state index in [0.717, 1.165) is 15.3 Å². The Kier molecular flexibility index (Phi) is 5.35. The van der Waals surface area contributed by atoms with Gasteiger partial charge < -0.3 is 14.4 Å². The molecule has 158 valence electrons. The SMILES string of the molecule is Cc1sc2oc(C=C3Sc4ccc(Cl)cc4N3CC(=O)O)[n+](CS(=O)(=O)O)c2c1C. The van der Waals surface area contributed by atoms with Crippen molar-refractivity contribution in [2.45, 2.75) is 24.6 Å². The Morgan fingerprint density at radius 1 is 1.37 bits per heavy atom. The molecule has 30 heavy (non-hydrogen) atoms. The van der Waals surface area contributed by atoms with E-state index in [1.807, 2.05) is 13.8 Å². The molecule has 2 N–H and O–H groups in total. The third kappa shape index (κ3) is 3.95. The number of aromatic nitrogens is 1. The van der Waals surface area contributed by atoms with E-state index in [1.54, 1.807) is 29.2 Å². The number of carbonyl (C=O) groups is 1. The molecule has 1 aliphatic heterocycles. The molecule has 0 atom stereocenters. The van der Waals surface area contributed by atoms with Gasteiger partial charge in [0.25, 0.3) is 16.3 Å². The number of anilines is 1. The summed E-state index contributed by atoms with van der Waals surface area (Å²) in [5.74, 6) is -1.53. The van der Waals surface area contributed by atoms with E-state index in [0.29, 0.717) is 26.2 Å². The van der Waals surface area contributed by atoms with E-state index < -0.39 is 22.0 Å². The summed E-state index contributed by atoms with van der Waals surface area (Å²) in [7, 11) is -4.35. The van der Waals surface area contributed by atoms with Gasteiger partial charge in [0.1, 0.15) is 6.54 Å². The molecule has 0 bridgehead atoms. The van der Waals surface area contributed by atoms with Crippen LogP contribution >= 0.6 is 34.7 Å². The smallest absolute Gasteiger partial charge is 0.378 e. The van der Waals surface area contributed by atoms with Crippen molar-refractivity contribution < 1.29 is 31.9 Å². The summed E-state index contributed by atoms with van der Waals surface area (Å²) in [5.41, 5.74) is 2.07. The number of fused-ring (bicyclic) bond motifs is 2. The lowest BCUT2D eigenvalue weighted by atomic mass is 10.3. The summed E-state index contributed by atoms with van der Waals surface area (Å²) in [5, 5.41) is 10.4. The predicted octanol–water partition coefficient (Wildman–Crippen LogP) is 3.89. The molecule has 1 aromatic carbocycles. The maximum Gasteiger partial charge on any atom is 0.378 e. The van der Waals surface area contributed by atoms with Crippen molar-refractivity contribution in [2.75, 3.05) is 11.4 Å². The van der Waals surface area contributed by atoms with Crippen LogP contribution in [0.15, 0.2) is 32.5 Å². The van der Waals surface area contributed by atoms with Crippen molar-refractivity contribution in [2.24, 2.45) is 0 Å². The van der Waals surface area contributed by atoms with Gasteiger partial charge in [0, 0.05) is 20.4 Å². The molecule has 3 heterocycles. The molecule has 0 unspecified atom stereocenters. The van der Waals surface area contributed by atoms with Crippen LogP contribution in [0.4, 0.5) is 5.69 Å². The van der Waals surface area contributed by atoms with Gasteiger partial charge in [0.2, 0.25) is 0 Å². The lowest BCUT2D eigenvalue weighted by Crippen LogP contribution is -2.39. The molecule has 0 saturated heterocycles. The van der Waals surface area contributed by atoms with E-state index in [2.05, 4.69) is 0 Å². The molecule has 0 saturated carbocycles. The lowest BCUT2D eigenvalue weighted by Gasteiger charge is -2.17. The van der Waals surface area contributed by atoms with E-state index in [9.17, 15) is 22.9 Å². The molecular weight excluding hydrogens is 472 g/mol. The van der Waals surface area contributed by atoms with E-state index in [-0.39, 0.29) is 12.4 Å². The number of thioether (sulfide) groups is 1. The average molecular weight is 488 g/mol. The van der Waals surface area contributed by atoms with Crippen molar-refractivity contribution in [3.05, 3.63) is 44.6 Å². The van der Waals surface area contributed by atoms with Crippen molar-refractivity contribution in [1.29, 1.82) is 0 Å². The molecule has 1 aliphatic rings. The number of carboxylic acid groups (broad SMARTS) is 1. The van der Waals surface area contributed by atoms with Gasteiger partial charge in [0.15, 0.2) is 0 Å². The molecule has 3 aromatic rings. The summed E-state index contributed by atoms with van der Waals surface area (Å²) in [6.07, 6.45) is 1.58. The first-order valence-corrected chi connectivity index (χ1v) is 12.2. The quantitative estimate of drug-likeness (QED) is 0.411. The maximum atomic E-state index is 11.6. The fourth-order valence-corrected chi connectivity index (χ4v) is 6.04. The van der Waals surface area contributed by atoms with Crippen molar-refractivity contribution in [3.63, 3.8) is 0 Å². The number of oxazole rings is 1. The second kappa shape index (κ2) is 7.57. The van der Waals surface area contributed by atoms with Crippen LogP contribution in [0.5, 0.6) is 0 Å². The molecule has 0 aliphatic carbocycles. The van der Waals surface area contributed by atoms with Crippen LogP contribution in [-0.2, 0) is 20.8 Å². The fourth-order valence-electron chi connectivity index (χ4n) is 3.21. The van der Waals surface area contributed by atoms with E-state index in [1.165, 1.54) is 27.7 Å². The topological polar surface area (TPSA) is 112 Å². The monoisotopic (exact) mass is 487 g/mol. The molecule has 0 spiro atoms. The van der Waals surface area contributed by atoms with Gasteiger partial charge in [-0.25, -0.2) is 0 Å². The van der Waals surface area contributed by atoms with Crippen LogP contribution in [0, 0.1) is 13.8 Å². The summed E-state index contributed by atoms with van der Waals surface area (Å²) >= 11 is 8.78. The van der Waals surface area contributed by atoms with E-state index >= 15 is 0 Å². The molecule has 0 radical (unpaired) electrons. The number of rotatable bonds is 5. The largest absolute Gasteiger partial charge is 0.480 e. The molecule has 0 amide bonds. The first kappa shape index (κ1) is 21.2. The molecular formula is C18H16ClN2O6S3+. The highest BCUT2D eigenvalue weighted by Gasteiger charge is 2.33. The normalized spacial score (nSPS) is 15.3. The summed E-state index contributed by atoms with van der Waals surface area (Å²) in [6, 6.07) is 5.18. The highest BCUT2D eigenvalue weighted by molar-refractivity contribution is 8.03. The second-order valence-corrected chi connectivity index (χ2v) is 10.8. The third-order valence-electron chi connectivity index (χ3n) is 4.58. The number of aryl methyl sites for hydroxylation is 2. The van der Waals surface area contributed by atoms with Crippen molar-refractivity contribution >= 4 is 73.0 Å². The van der Waals surface area contributed by atoms with E-state index in [4.69, 9.17) is 16.0 Å². The molecule has 8 nitrogen and oxygen atoms in total. The second-order valence-electron chi connectivity index (χ2n) is 6.68. The average Bonchev–Trinajstić information content (AvgIpc) is 3.21.